The molecule has 0 amide bonds. The maximum absolute atomic E-state index is 2.47. The molecular formula is C15H33P. The minimum Gasteiger partial charge on any atom is -0.116 e. The molecule has 3 atom stereocenters. The first-order valence-corrected chi connectivity index (χ1v) is 8.66. The van der Waals surface area contributed by atoms with E-state index in [4.69, 9.17) is 0 Å². The van der Waals surface area contributed by atoms with Gasteiger partial charge in [0.05, 0.1) is 0 Å². The van der Waals surface area contributed by atoms with Gasteiger partial charge in [-0.1, -0.05) is 66.2 Å². The number of unbranched alkanes of at least 4 members (excludes halogenated alkanes) is 4. The molecular weight excluding hydrogens is 211 g/mol. The maximum Gasteiger partial charge on any atom is -0.0237 e. The predicted octanol–water partition coefficient (Wildman–Crippen LogP) is 5.99. The van der Waals surface area contributed by atoms with Crippen molar-refractivity contribution in [1.82, 2.24) is 0 Å². The fourth-order valence-corrected chi connectivity index (χ4v) is 4.16. The second-order valence-corrected chi connectivity index (χ2v) is 7.30. The third-order valence-corrected chi connectivity index (χ3v) is 5.42. The molecule has 0 aromatic carbocycles. The zero-order valence-electron chi connectivity index (χ0n) is 12.0. The average molecular weight is 244 g/mol. The summed E-state index contributed by atoms with van der Waals surface area (Å²) in [5.41, 5.74) is 2.01. The molecule has 0 aliphatic heterocycles. The van der Waals surface area contributed by atoms with Gasteiger partial charge in [0, 0.05) is 0 Å². The first kappa shape index (κ1) is 16.4. The zero-order valence-corrected chi connectivity index (χ0v) is 13.0. The molecule has 1 heteroatoms. The summed E-state index contributed by atoms with van der Waals surface area (Å²) in [6, 6.07) is 0. The van der Waals surface area contributed by atoms with E-state index < -0.39 is 0 Å². The minimum atomic E-state index is 0.984. The second-order valence-electron chi connectivity index (χ2n) is 5.16. The van der Waals surface area contributed by atoms with Crippen molar-refractivity contribution in [1.29, 1.82) is 0 Å². The lowest BCUT2D eigenvalue weighted by Gasteiger charge is -2.19. The molecule has 0 aliphatic rings. The molecule has 0 heterocycles. The van der Waals surface area contributed by atoms with Crippen molar-refractivity contribution in [2.45, 2.75) is 96.8 Å². The van der Waals surface area contributed by atoms with E-state index in [0.717, 1.165) is 11.3 Å². The highest BCUT2D eigenvalue weighted by molar-refractivity contribution is 7.39. The van der Waals surface area contributed by atoms with Gasteiger partial charge >= 0.3 is 0 Å². The van der Waals surface area contributed by atoms with Crippen LogP contribution in [0.1, 0.15) is 85.5 Å². The van der Waals surface area contributed by atoms with E-state index in [1.54, 1.807) is 0 Å². The van der Waals surface area contributed by atoms with E-state index in [9.17, 15) is 0 Å². The highest BCUT2D eigenvalue weighted by atomic mass is 31.1. The van der Waals surface area contributed by atoms with Crippen molar-refractivity contribution in [3.63, 3.8) is 0 Å². The molecule has 3 unspecified atom stereocenters. The van der Waals surface area contributed by atoms with E-state index in [0.29, 0.717) is 0 Å². The van der Waals surface area contributed by atoms with E-state index in [1.807, 2.05) is 0 Å². The van der Waals surface area contributed by atoms with E-state index >= 15 is 0 Å². The molecule has 0 fully saturated rings. The molecule has 0 saturated carbocycles. The Morgan fingerprint density at radius 2 is 1.50 bits per heavy atom. The van der Waals surface area contributed by atoms with Gasteiger partial charge in [-0.3, -0.25) is 0 Å². The van der Waals surface area contributed by atoms with Crippen LogP contribution in [-0.2, 0) is 0 Å². The van der Waals surface area contributed by atoms with Crippen LogP contribution in [0.3, 0.4) is 0 Å². The summed E-state index contributed by atoms with van der Waals surface area (Å²) in [7, 11) is 1.22. The Labute approximate surface area is 106 Å². The highest BCUT2D eigenvalue weighted by Gasteiger charge is 2.10. The molecule has 0 radical (unpaired) electrons. The molecule has 16 heavy (non-hydrogen) atoms. The Balaban J connectivity index is 3.44. The lowest BCUT2D eigenvalue weighted by atomic mass is 10.1. The van der Waals surface area contributed by atoms with Gasteiger partial charge < -0.3 is 0 Å². The molecule has 0 bridgehead atoms. The van der Waals surface area contributed by atoms with Gasteiger partial charge in [0.25, 0.3) is 0 Å². The largest absolute Gasteiger partial charge is 0.116 e. The maximum atomic E-state index is 2.47. The molecule has 0 N–H and O–H groups in total. The van der Waals surface area contributed by atoms with Gasteiger partial charge in [-0.2, -0.15) is 0 Å². The minimum absolute atomic E-state index is 0.984. The van der Waals surface area contributed by atoms with Gasteiger partial charge in [-0.25, -0.2) is 0 Å². The first-order valence-electron chi connectivity index (χ1n) is 7.50. The van der Waals surface area contributed by atoms with Gasteiger partial charge in [-0.05, 0) is 30.6 Å². The summed E-state index contributed by atoms with van der Waals surface area (Å²) in [4.78, 5) is 0. The smallest absolute Gasteiger partial charge is 0.0237 e. The molecule has 0 saturated heterocycles. The Bertz CT molecular complexity index is 133. The molecule has 0 aliphatic carbocycles. The van der Waals surface area contributed by atoms with Crippen molar-refractivity contribution in [2.24, 2.45) is 0 Å². The third-order valence-electron chi connectivity index (χ3n) is 3.39. The second kappa shape index (κ2) is 11.9. The summed E-state index contributed by atoms with van der Waals surface area (Å²) in [5.74, 6) is 0. The van der Waals surface area contributed by atoms with Crippen molar-refractivity contribution in [2.75, 3.05) is 0 Å². The summed E-state index contributed by atoms with van der Waals surface area (Å²) >= 11 is 0. The van der Waals surface area contributed by atoms with Gasteiger partial charge in [0.15, 0.2) is 0 Å². The van der Waals surface area contributed by atoms with Crippen LogP contribution in [0.5, 0.6) is 0 Å². The van der Waals surface area contributed by atoms with Crippen molar-refractivity contribution >= 4 is 8.58 Å². The topological polar surface area (TPSA) is 0 Å². The van der Waals surface area contributed by atoms with Crippen LogP contribution >= 0.6 is 8.58 Å². The van der Waals surface area contributed by atoms with Gasteiger partial charge in [-0.15, -0.1) is 8.58 Å². The number of hydrogen-bond acceptors (Lipinski definition) is 0. The van der Waals surface area contributed by atoms with Crippen molar-refractivity contribution in [3.05, 3.63) is 0 Å². The summed E-state index contributed by atoms with van der Waals surface area (Å²) in [5, 5.41) is 0. The van der Waals surface area contributed by atoms with Crippen LogP contribution in [0, 0.1) is 0 Å². The standard InChI is InChI=1S/C15H33P/c1-5-8-9-10-11-13-14(4)16-15(7-3)12-6-2/h14-16H,5-13H2,1-4H3. The molecule has 0 spiro atoms. The van der Waals surface area contributed by atoms with Crippen molar-refractivity contribution < 1.29 is 0 Å². The van der Waals surface area contributed by atoms with E-state index in [1.165, 1.54) is 66.4 Å². The Kier molecular flexibility index (Phi) is 12.2. The van der Waals surface area contributed by atoms with Crippen LogP contribution in [0.15, 0.2) is 0 Å². The monoisotopic (exact) mass is 244 g/mol. The zero-order chi connectivity index (χ0) is 12.2. The molecule has 0 aromatic heterocycles. The predicted molar refractivity (Wildman–Crippen MR) is 80.1 cm³/mol. The first-order chi connectivity index (χ1) is 7.74. The average Bonchev–Trinajstić information content (AvgIpc) is 2.28. The molecule has 0 nitrogen and oxygen atoms in total. The summed E-state index contributed by atoms with van der Waals surface area (Å²) in [6.07, 6.45) is 12.9. The lowest BCUT2D eigenvalue weighted by Crippen LogP contribution is -2.05. The van der Waals surface area contributed by atoms with E-state index in [2.05, 4.69) is 27.7 Å². The number of hydrogen-bond donors (Lipinski definition) is 0. The summed E-state index contributed by atoms with van der Waals surface area (Å²) < 4.78 is 0. The normalized spacial score (nSPS) is 15.8. The quantitative estimate of drug-likeness (QED) is 0.309. The number of rotatable bonds is 11. The van der Waals surface area contributed by atoms with Gasteiger partial charge in [0.1, 0.15) is 0 Å². The summed E-state index contributed by atoms with van der Waals surface area (Å²) in [6.45, 7) is 9.45. The van der Waals surface area contributed by atoms with Crippen LogP contribution in [-0.4, -0.2) is 11.3 Å². The highest BCUT2D eigenvalue weighted by Crippen LogP contribution is 2.33. The fraction of sp³-hybridized carbons (Fsp3) is 1.00. The van der Waals surface area contributed by atoms with E-state index in [-0.39, 0.29) is 0 Å². The molecule has 0 aromatic rings. The van der Waals surface area contributed by atoms with Crippen LogP contribution < -0.4 is 0 Å². The lowest BCUT2D eigenvalue weighted by molar-refractivity contribution is 0.602. The van der Waals surface area contributed by atoms with Crippen LogP contribution in [0.2, 0.25) is 0 Å². The molecule has 0 rings (SSSR count). The van der Waals surface area contributed by atoms with Crippen LogP contribution in [0.4, 0.5) is 0 Å². The fourth-order valence-electron chi connectivity index (χ4n) is 2.29. The Morgan fingerprint density at radius 3 is 2.06 bits per heavy atom. The molecule has 98 valence electrons. The van der Waals surface area contributed by atoms with Crippen LogP contribution in [0.25, 0.3) is 0 Å². The SMILES string of the molecule is CCCCCCCC(C)PC(CC)CCC. The Morgan fingerprint density at radius 1 is 0.812 bits per heavy atom. The van der Waals surface area contributed by atoms with Crippen molar-refractivity contribution in [3.8, 4) is 0 Å². The Hall–Kier alpha value is 0.430. The third kappa shape index (κ3) is 9.64. The van der Waals surface area contributed by atoms with Gasteiger partial charge in [0.2, 0.25) is 0 Å².